The first-order chi connectivity index (χ1) is 10.9. The second-order valence-corrected chi connectivity index (χ2v) is 7.68. The van der Waals surface area contributed by atoms with Crippen molar-refractivity contribution < 1.29 is 22.3 Å². The molecule has 1 aliphatic heterocycles. The number of carbonyl (C=O) groups excluding carboxylic acids is 1. The van der Waals surface area contributed by atoms with Crippen molar-refractivity contribution in [3.63, 3.8) is 0 Å². The summed E-state index contributed by atoms with van der Waals surface area (Å²) in [7, 11) is -3.51. The molecule has 1 heterocycles. The average molecular weight is 344 g/mol. The molecule has 1 aliphatic rings. The van der Waals surface area contributed by atoms with E-state index >= 15 is 0 Å². The molecule has 1 unspecified atom stereocenters. The van der Waals surface area contributed by atoms with E-state index in [0.29, 0.717) is 26.1 Å². The third kappa shape index (κ3) is 5.26. The van der Waals surface area contributed by atoms with Crippen LogP contribution in [0.1, 0.15) is 18.4 Å². The van der Waals surface area contributed by atoms with E-state index in [9.17, 15) is 17.6 Å². The molecule has 3 N–H and O–H groups in total. The second-order valence-electron chi connectivity index (χ2n) is 5.64. The number of carbonyl (C=O) groups is 1. The summed E-state index contributed by atoms with van der Waals surface area (Å²) >= 11 is 0. The fourth-order valence-corrected chi connectivity index (χ4v) is 3.98. The largest absolute Gasteiger partial charge is 0.381 e. The first kappa shape index (κ1) is 17.8. The Hall–Kier alpha value is -1.51. The van der Waals surface area contributed by atoms with Crippen molar-refractivity contribution in [2.75, 3.05) is 19.8 Å². The Morgan fingerprint density at radius 1 is 1.30 bits per heavy atom. The highest BCUT2D eigenvalue weighted by Crippen LogP contribution is 2.16. The molecule has 1 saturated heterocycles. The van der Waals surface area contributed by atoms with Gasteiger partial charge in [0, 0.05) is 19.8 Å². The maximum atomic E-state index is 12.9. The molecule has 6 nitrogen and oxygen atoms in total. The van der Waals surface area contributed by atoms with Crippen LogP contribution in [0.3, 0.4) is 0 Å². The molecular formula is C15H21FN2O4S. The lowest BCUT2D eigenvalue weighted by molar-refractivity contribution is -0.121. The fraction of sp³-hybridized carbons (Fsp3) is 0.533. The van der Waals surface area contributed by atoms with Crippen LogP contribution in [-0.4, -0.2) is 39.3 Å². The quantitative estimate of drug-likeness (QED) is 0.755. The van der Waals surface area contributed by atoms with E-state index < -0.39 is 27.1 Å². The Morgan fingerprint density at radius 3 is 2.48 bits per heavy atom. The van der Waals surface area contributed by atoms with Crippen LogP contribution >= 0.6 is 0 Å². The average Bonchev–Trinajstić information content (AvgIpc) is 2.54. The summed E-state index contributed by atoms with van der Waals surface area (Å²) in [5.74, 6) is -1.65. The van der Waals surface area contributed by atoms with E-state index in [2.05, 4.69) is 4.72 Å². The monoisotopic (exact) mass is 344 g/mol. The van der Waals surface area contributed by atoms with Gasteiger partial charge in [-0.15, -0.1) is 0 Å². The number of ether oxygens (including phenoxy) is 1. The van der Waals surface area contributed by atoms with Gasteiger partial charge in [0.15, 0.2) is 0 Å². The van der Waals surface area contributed by atoms with E-state index in [-0.39, 0.29) is 18.8 Å². The van der Waals surface area contributed by atoms with Crippen molar-refractivity contribution in [3.05, 3.63) is 35.6 Å². The highest BCUT2D eigenvalue weighted by Gasteiger charge is 2.29. The molecular weight excluding hydrogens is 323 g/mol. The molecule has 1 amide bonds. The van der Waals surface area contributed by atoms with Gasteiger partial charge in [0.25, 0.3) is 0 Å². The SMILES string of the molecule is NC(=O)C(CNS(=O)(=O)C1CCOCC1)Cc1ccc(F)cc1. The molecule has 0 aliphatic carbocycles. The number of sulfonamides is 1. The van der Waals surface area contributed by atoms with Gasteiger partial charge < -0.3 is 10.5 Å². The molecule has 23 heavy (non-hydrogen) atoms. The zero-order chi connectivity index (χ0) is 16.9. The van der Waals surface area contributed by atoms with Gasteiger partial charge in [-0.05, 0) is 37.0 Å². The van der Waals surface area contributed by atoms with Crippen molar-refractivity contribution in [2.24, 2.45) is 11.7 Å². The lowest BCUT2D eigenvalue weighted by Gasteiger charge is -2.23. The number of nitrogens with two attached hydrogens (primary N) is 1. The lowest BCUT2D eigenvalue weighted by Crippen LogP contribution is -2.42. The molecule has 1 atom stereocenters. The Balaban J connectivity index is 1.96. The zero-order valence-corrected chi connectivity index (χ0v) is 13.5. The highest BCUT2D eigenvalue weighted by atomic mass is 32.2. The highest BCUT2D eigenvalue weighted by molar-refractivity contribution is 7.90. The van der Waals surface area contributed by atoms with Crippen LogP contribution in [0.25, 0.3) is 0 Å². The van der Waals surface area contributed by atoms with E-state index in [1.807, 2.05) is 0 Å². The topological polar surface area (TPSA) is 98.5 Å². The first-order valence-electron chi connectivity index (χ1n) is 7.48. The van der Waals surface area contributed by atoms with Gasteiger partial charge in [-0.3, -0.25) is 4.79 Å². The zero-order valence-electron chi connectivity index (χ0n) is 12.7. The van der Waals surface area contributed by atoms with Gasteiger partial charge in [-0.2, -0.15) is 0 Å². The molecule has 1 aromatic carbocycles. The van der Waals surface area contributed by atoms with E-state index in [1.54, 1.807) is 12.1 Å². The van der Waals surface area contributed by atoms with Crippen LogP contribution in [-0.2, 0) is 26.0 Å². The Labute approximate surface area is 135 Å². The second kappa shape index (κ2) is 7.85. The van der Waals surface area contributed by atoms with E-state index in [0.717, 1.165) is 5.56 Å². The Bertz CT molecular complexity index is 627. The van der Waals surface area contributed by atoms with Crippen molar-refractivity contribution in [2.45, 2.75) is 24.5 Å². The van der Waals surface area contributed by atoms with Crippen LogP contribution in [0.5, 0.6) is 0 Å². The smallest absolute Gasteiger partial charge is 0.222 e. The molecule has 0 spiro atoms. The Kier molecular flexibility index (Phi) is 6.09. The normalized spacial score (nSPS) is 17.8. The number of primary amides is 1. The van der Waals surface area contributed by atoms with Gasteiger partial charge in [0.05, 0.1) is 11.2 Å². The third-order valence-electron chi connectivity index (χ3n) is 3.94. The lowest BCUT2D eigenvalue weighted by atomic mass is 9.99. The molecule has 1 fully saturated rings. The number of hydrogen-bond acceptors (Lipinski definition) is 4. The van der Waals surface area contributed by atoms with Gasteiger partial charge in [-0.25, -0.2) is 17.5 Å². The van der Waals surface area contributed by atoms with Crippen LogP contribution in [0.4, 0.5) is 4.39 Å². The standard InChI is InChI=1S/C15H21FN2O4S/c16-13-3-1-11(2-4-13)9-12(15(17)19)10-18-23(20,21)14-5-7-22-8-6-14/h1-4,12,14,18H,5-10H2,(H2,17,19). The summed E-state index contributed by atoms with van der Waals surface area (Å²) in [4.78, 5) is 11.6. The van der Waals surface area contributed by atoms with Crippen LogP contribution in [0.15, 0.2) is 24.3 Å². The number of benzene rings is 1. The number of nitrogens with one attached hydrogen (secondary N) is 1. The molecule has 0 saturated carbocycles. The van der Waals surface area contributed by atoms with Crippen molar-refractivity contribution in [3.8, 4) is 0 Å². The summed E-state index contributed by atoms with van der Waals surface area (Å²) in [6.45, 7) is 0.771. The number of halogens is 1. The maximum Gasteiger partial charge on any atom is 0.222 e. The summed E-state index contributed by atoms with van der Waals surface area (Å²) in [6, 6.07) is 5.69. The van der Waals surface area contributed by atoms with Crippen LogP contribution < -0.4 is 10.5 Å². The molecule has 1 aromatic rings. The van der Waals surface area contributed by atoms with E-state index in [4.69, 9.17) is 10.5 Å². The molecule has 0 radical (unpaired) electrons. The summed E-state index contributed by atoms with van der Waals surface area (Å²) in [5, 5.41) is -0.504. The minimum absolute atomic E-state index is 0.0631. The van der Waals surface area contributed by atoms with Crippen LogP contribution in [0.2, 0.25) is 0 Å². The van der Waals surface area contributed by atoms with Crippen LogP contribution in [0, 0.1) is 11.7 Å². The first-order valence-corrected chi connectivity index (χ1v) is 9.03. The number of rotatable bonds is 7. The maximum absolute atomic E-state index is 12.9. The fourth-order valence-electron chi connectivity index (χ4n) is 2.50. The molecule has 2 rings (SSSR count). The Morgan fingerprint density at radius 2 is 1.91 bits per heavy atom. The van der Waals surface area contributed by atoms with Gasteiger partial charge in [-0.1, -0.05) is 12.1 Å². The minimum atomic E-state index is -3.51. The molecule has 0 aromatic heterocycles. The predicted octanol–water partition coefficient (Wildman–Crippen LogP) is 0.568. The molecule has 8 heteroatoms. The van der Waals surface area contributed by atoms with Gasteiger partial charge in [0.2, 0.25) is 15.9 Å². The van der Waals surface area contributed by atoms with Crippen molar-refractivity contribution >= 4 is 15.9 Å². The van der Waals surface area contributed by atoms with Gasteiger partial charge in [0.1, 0.15) is 5.82 Å². The number of hydrogen-bond donors (Lipinski definition) is 2. The minimum Gasteiger partial charge on any atom is -0.381 e. The summed E-state index contributed by atoms with van der Waals surface area (Å²) in [6.07, 6.45) is 1.13. The van der Waals surface area contributed by atoms with Crippen molar-refractivity contribution in [1.29, 1.82) is 0 Å². The predicted molar refractivity (Wildman–Crippen MR) is 83.6 cm³/mol. The third-order valence-corrected chi connectivity index (χ3v) is 5.85. The van der Waals surface area contributed by atoms with Gasteiger partial charge >= 0.3 is 0 Å². The van der Waals surface area contributed by atoms with Crippen molar-refractivity contribution in [1.82, 2.24) is 4.72 Å². The molecule has 0 bridgehead atoms. The summed E-state index contributed by atoms with van der Waals surface area (Å²) in [5.41, 5.74) is 6.08. The molecule has 128 valence electrons. The number of amides is 1. The summed E-state index contributed by atoms with van der Waals surface area (Å²) < 4.78 is 45.0. The van der Waals surface area contributed by atoms with E-state index in [1.165, 1.54) is 12.1 Å².